The maximum absolute atomic E-state index is 11.9. The molecule has 2 aromatic rings. The fourth-order valence-corrected chi connectivity index (χ4v) is 4.27. The predicted molar refractivity (Wildman–Crippen MR) is 110 cm³/mol. The average molecular weight is 370 g/mol. The lowest BCUT2D eigenvalue weighted by molar-refractivity contribution is -0.0123. The van der Waals surface area contributed by atoms with Gasteiger partial charge in [0.05, 0.1) is 5.60 Å². The monoisotopic (exact) mass is 369 g/mol. The molecule has 0 spiro atoms. The van der Waals surface area contributed by atoms with Gasteiger partial charge in [0.1, 0.15) is 0 Å². The van der Waals surface area contributed by atoms with Gasteiger partial charge >= 0.3 is 0 Å². The van der Waals surface area contributed by atoms with E-state index in [1.165, 1.54) is 5.56 Å². The van der Waals surface area contributed by atoms with E-state index in [1.807, 2.05) is 42.5 Å². The molecule has 0 heterocycles. The summed E-state index contributed by atoms with van der Waals surface area (Å²) in [6.07, 6.45) is 5.82. The summed E-state index contributed by atoms with van der Waals surface area (Å²) in [7, 11) is 4.16. The van der Waals surface area contributed by atoms with Gasteiger partial charge in [0, 0.05) is 23.9 Å². The molecule has 1 aliphatic carbocycles. The summed E-state index contributed by atoms with van der Waals surface area (Å²) >= 11 is 6.38. The van der Waals surface area contributed by atoms with E-state index in [0.29, 0.717) is 6.42 Å². The number of hydrogen-bond acceptors (Lipinski definition) is 2. The Hall–Kier alpha value is -1.61. The zero-order valence-electron chi connectivity index (χ0n) is 15.7. The first kappa shape index (κ1) is 19.2. The molecule has 3 rings (SSSR count). The summed E-state index contributed by atoms with van der Waals surface area (Å²) in [5.74, 6) is 0.209. The Morgan fingerprint density at radius 2 is 1.81 bits per heavy atom. The number of aliphatic hydroxyl groups is 1. The van der Waals surface area contributed by atoms with Crippen LogP contribution in [0.5, 0.6) is 0 Å². The zero-order chi connectivity index (χ0) is 18.6. The molecular formula is C23H28ClNO. The summed E-state index contributed by atoms with van der Waals surface area (Å²) in [5, 5.41) is 12.6. The topological polar surface area (TPSA) is 23.5 Å². The maximum atomic E-state index is 11.9. The number of nitrogens with zero attached hydrogens (tertiary/aromatic N) is 1. The maximum Gasteiger partial charge on any atom is 0.0940 e. The third kappa shape index (κ3) is 4.37. The summed E-state index contributed by atoms with van der Waals surface area (Å²) < 4.78 is 0. The van der Waals surface area contributed by atoms with Crippen LogP contribution in [0.1, 0.15) is 30.4 Å². The first-order valence-electron chi connectivity index (χ1n) is 9.35. The van der Waals surface area contributed by atoms with Crippen molar-refractivity contribution >= 4 is 17.7 Å². The molecule has 138 valence electrons. The summed E-state index contributed by atoms with van der Waals surface area (Å²) in [5.41, 5.74) is 2.42. The second-order valence-electron chi connectivity index (χ2n) is 7.63. The van der Waals surface area contributed by atoms with Gasteiger partial charge in [-0.05, 0) is 56.1 Å². The van der Waals surface area contributed by atoms with Gasteiger partial charge in [-0.1, -0.05) is 66.2 Å². The molecular weight excluding hydrogens is 342 g/mol. The molecule has 2 atom stereocenters. The second-order valence-corrected chi connectivity index (χ2v) is 8.04. The van der Waals surface area contributed by atoms with Gasteiger partial charge in [-0.2, -0.15) is 0 Å². The minimum atomic E-state index is -0.844. The Kier molecular flexibility index (Phi) is 6.18. The van der Waals surface area contributed by atoms with E-state index in [-0.39, 0.29) is 5.92 Å². The lowest BCUT2D eigenvalue weighted by Gasteiger charge is -2.43. The quantitative estimate of drug-likeness (QED) is 0.796. The van der Waals surface area contributed by atoms with Crippen LogP contribution < -0.4 is 0 Å². The molecule has 2 unspecified atom stereocenters. The minimum Gasteiger partial charge on any atom is -0.385 e. The van der Waals surface area contributed by atoms with Crippen LogP contribution in [-0.2, 0) is 6.42 Å². The summed E-state index contributed by atoms with van der Waals surface area (Å²) in [4.78, 5) is 2.18. The Bertz CT molecular complexity index is 756. The van der Waals surface area contributed by atoms with Crippen LogP contribution in [0.4, 0.5) is 0 Å². The highest BCUT2D eigenvalue weighted by atomic mass is 35.5. The molecule has 1 saturated carbocycles. The molecule has 0 saturated heterocycles. The van der Waals surface area contributed by atoms with Gasteiger partial charge in [0.25, 0.3) is 0 Å². The molecule has 1 aliphatic rings. The molecule has 2 aromatic carbocycles. The molecule has 2 nitrogen and oxygen atoms in total. The van der Waals surface area contributed by atoms with Gasteiger partial charge in [0.15, 0.2) is 0 Å². The van der Waals surface area contributed by atoms with E-state index >= 15 is 0 Å². The minimum absolute atomic E-state index is 0.209. The first-order chi connectivity index (χ1) is 12.5. The molecule has 1 fully saturated rings. The lowest BCUT2D eigenvalue weighted by atomic mass is 9.68. The second kappa shape index (κ2) is 8.39. The zero-order valence-corrected chi connectivity index (χ0v) is 16.4. The largest absolute Gasteiger partial charge is 0.385 e. The van der Waals surface area contributed by atoms with Crippen molar-refractivity contribution in [3.63, 3.8) is 0 Å². The molecule has 1 N–H and O–H groups in total. The standard InChI is InChI=1S/C23H28ClNO/c1-25(2)17-21-13-8-12-20(15-19-11-6-7-14-22(19)24)23(21,26)16-18-9-4-3-5-10-18/h3-7,9-11,14-15,21,26H,8,12-13,16-17H2,1-2H3/b20-15-. The molecule has 26 heavy (non-hydrogen) atoms. The fraction of sp³-hybridized carbons (Fsp3) is 0.391. The van der Waals surface area contributed by atoms with Crippen molar-refractivity contribution in [1.82, 2.24) is 4.90 Å². The van der Waals surface area contributed by atoms with Crippen molar-refractivity contribution in [3.05, 3.63) is 76.3 Å². The van der Waals surface area contributed by atoms with Crippen LogP contribution >= 0.6 is 11.6 Å². The number of halogens is 1. The smallest absolute Gasteiger partial charge is 0.0940 e. The Balaban J connectivity index is 2.01. The SMILES string of the molecule is CN(C)CC1CCC/C(=C/c2ccccc2Cl)C1(O)Cc1ccccc1. The van der Waals surface area contributed by atoms with Crippen molar-refractivity contribution in [2.45, 2.75) is 31.3 Å². The predicted octanol–water partition coefficient (Wildman–Crippen LogP) is 5.06. The van der Waals surface area contributed by atoms with Gasteiger partial charge in [-0.25, -0.2) is 0 Å². The summed E-state index contributed by atoms with van der Waals surface area (Å²) in [6.45, 7) is 0.878. The molecule has 0 aliphatic heterocycles. The van der Waals surface area contributed by atoms with Crippen molar-refractivity contribution in [2.24, 2.45) is 5.92 Å². The number of hydrogen-bond donors (Lipinski definition) is 1. The highest BCUT2D eigenvalue weighted by Gasteiger charge is 2.42. The third-order valence-corrected chi connectivity index (χ3v) is 5.71. The van der Waals surface area contributed by atoms with Crippen LogP contribution in [0.2, 0.25) is 5.02 Å². The van der Waals surface area contributed by atoms with Crippen LogP contribution in [-0.4, -0.2) is 36.2 Å². The van der Waals surface area contributed by atoms with E-state index in [2.05, 4.69) is 37.2 Å². The summed E-state index contributed by atoms with van der Waals surface area (Å²) in [6, 6.07) is 18.2. The third-order valence-electron chi connectivity index (χ3n) is 5.37. The van der Waals surface area contributed by atoms with E-state index in [0.717, 1.165) is 42.0 Å². The Morgan fingerprint density at radius 1 is 1.12 bits per heavy atom. The Morgan fingerprint density at radius 3 is 2.50 bits per heavy atom. The van der Waals surface area contributed by atoms with E-state index in [4.69, 9.17) is 11.6 Å². The highest BCUT2D eigenvalue weighted by Crippen LogP contribution is 2.42. The molecule has 0 amide bonds. The normalized spacial score (nSPS) is 25.0. The van der Waals surface area contributed by atoms with Gasteiger partial charge in [-0.15, -0.1) is 0 Å². The molecule has 0 aromatic heterocycles. The van der Waals surface area contributed by atoms with E-state index < -0.39 is 5.60 Å². The van der Waals surface area contributed by atoms with Crippen LogP contribution in [0.3, 0.4) is 0 Å². The van der Waals surface area contributed by atoms with E-state index in [9.17, 15) is 5.11 Å². The van der Waals surface area contributed by atoms with Crippen LogP contribution in [0.15, 0.2) is 60.2 Å². The van der Waals surface area contributed by atoms with Gasteiger partial charge in [-0.3, -0.25) is 0 Å². The van der Waals surface area contributed by atoms with Crippen molar-refractivity contribution < 1.29 is 5.11 Å². The van der Waals surface area contributed by atoms with Crippen LogP contribution in [0, 0.1) is 5.92 Å². The first-order valence-corrected chi connectivity index (χ1v) is 9.73. The van der Waals surface area contributed by atoms with Gasteiger partial charge in [0.2, 0.25) is 0 Å². The van der Waals surface area contributed by atoms with Crippen LogP contribution in [0.25, 0.3) is 6.08 Å². The fourth-order valence-electron chi connectivity index (χ4n) is 4.08. The number of rotatable bonds is 5. The van der Waals surface area contributed by atoms with Crippen molar-refractivity contribution in [1.29, 1.82) is 0 Å². The molecule has 3 heteroatoms. The molecule has 0 radical (unpaired) electrons. The van der Waals surface area contributed by atoms with Crippen molar-refractivity contribution in [2.75, 3.05) is 20.6 Å². The van der Waals surface area contributed by atoms with Gasteiger partial charge < -0.3 is 10.0 Å². The Labute approximate surface area is 162 Å². The molecule has 0 bridgehead atoms. The number of benzene rings is 2. The highest BCUT2D eigenvalue weighted by molar-refractivity contribution is 6.32. The van der Waals surface area contributed by atoms with E-state index in [1.54, 1.807) is 0 Å². The average Bonchev–Trinajstić information content (AvgIpc) is 2.61. The lowest BCUT2D eigenvalue weighted by Crippen LogP contribution is -2.48. The van der Waals surface area contributed by atoms with Crippen molar-refractivity contribution in [3.8, 4) is 0 Å².